The number of ether oxygens (including phenoxy) is 2. The molecule has 3 rings (SSSR count). The third-order valence-electron chi connectivity index (χ3n) is 4.54. The van der Waals surface area contributed by atoms with Crippen molar-refractivity contribution in [2.45, 2.75) is 18.7 Å². The van der Waals surface area contributed by atoms with Crippen LogP contribution in [-0.4, -0.2) is 28.0 Å². The van der Waals surface area contributed by atoms with Crippen molar-refractivity contribution in [3.05, 3.63) is 82.9 Å². The Morgan fingerprint density at radius 2 is 1.52 bits per heavy atom. The number of carbonyl (C=O) groups is 1. The number of rotatable bonds is 7. The molecular weight excluding hydrogens is 438 g/mol. The number of amides is 1. The van der Waals surface area contributed by atoms with Crippen LogP contribution in [0, 0.1) is 13.8 Å². The second-order valence-corrected chi connectivity index (χ2v) is 9.09. The maximum Gasteiger partial charge on any atom is 0.278 e. The van der Waals surface area contributed by atoms with Gasteiger partial charge in [-0.15, -0.1) is 0 Å². The molecule has 3 aromatic carbocycles. The monoisotopic (exact) mass is 459 g/mol. The van der Waals surface area contributed by atoms with Crippen LogP contribution in [0.2, 0.25) is 5.02 Å². The Labute approximate surface area is 187 Å². The summed E-state index contributed by atoms with van der Waals surface area (Å²) in [4.78, 5) is 13.1. The van der Waals surface area contributed by atoms with Crippen molar-refractivity contribution < 1.29 is 22.7 Å². The molecule has 1 amide bonds. The number of anilines is 1. The van der Waals surface area contributed by atoms with Gasteiger partial charge in [0.25, 0.3) is 15.9 Å². The molecule has 0 radical (unpaired) electrons. The molecule has 31 heavy (non-hydrogen) atoms. The minimum atomic E-state index is -4.21. The van der Waals surface area contributed by atoms with Gasteiger partial charge in [-0.2, -0.15) is 4.31 Å². The Morgan fingerprint density at radius 3 is 2.06 bits per heavy atom. The van der Waals surface area contributed by atoms with E-state index in [9.17, 15) is 13.2 Å². The molecule has 0 heterocycles. The Balaban J connectivity index is 1.99. The normalized spacial score (nSPS) is 11.1. The zero-order valence-corrected chi connectivity index (χ0v) is 18.9. The molecular formula is C23H22ClNO5S. The van der Waals surface area contributed by atoms with Gasteiger partial charge in [0.1, 0.15) is 11.5 Å². The summed E-state index contributed by atoms with van der Waals surface area (Å²) in [5.41, 5.74) is 2.02. The van der Waals surface area contributed by atoms with Crippen molar-refractivity contribution in [3.63, 3.8) is 0 Å². The second kappa shape index (κ2) is 9.41. The summed E-state index contributed by atoms with van der Waals surface area (Å²) in [5, 5.41) is 0.177. The van der Waals surface area contributed by atoms with Gasteiger partial charge in [-0.3, -0.25) is 4.79 Å². The lowest BCUT2D eigenvalue weighted by atomic mass is 10.2. The Kier molecular flexibility index (Phi) is 6.87. The van der Waals surface area contributed by atoms with Gasteiger partial charge in [0.2, 0.25) is 0 Å². The van der Waals surface area contributed by atoms with Crippen molar-refractivity contribution in [2.75, 3.05) is 18.0 Å². The van der Waals surface area contributed by atoms with E-state index in [1.807, 2.05) is 26.0 Å². The van der Waals surface area contributed by atoms with Gasteiger partial charge >= 0.3 is 0 Å². The molecule has 0 atom stereocenters. The van der Waals surface area contributed by atoms with E-state index in [1.54, 1.807) is 24.3 Å². The number of benzene rings is 3. The number of hydrogen-bond acceptors (Lipinski definition) is 5. The fourth-order valence-electron chi connectivity index (χ4n) is 2.85. The second-order valence-electron chi connectivity index (χ2n) is 6.90. The molecule has 0 aliphatic heterocycles. The number of sulfonamides is 1. The first-order valence-corrected chi connectivity index (χ1v) is 11.2. The first kappa shape index (κ1) is 22.7. The summed E-state index contributed by atoms with van der Waals surface area (Å²) in [7, 11) is -2.77. The maximum absolute atomic E-state index is 13.4. The van der Waals surface area contributed by atoms with Gasteiger partial charge < -0.3 is 9.47 Å². The average molecular weight is 460 g/mol. The van der Waals surface area contributed by atoms with Crippen molar-refractivity contribution in [1.29, 1.82) is 0 Å². The molecule has 0 saturated heterocycles. The highest BCUT2D eigenvalue weighted by Crippen LogP contribution is 2.32. The lowest BCUT2D eigenvalue weighted by molar-refractivity contribution is -0.119. The summed E-state index contributed by atoms with van der Waals surface area (Å²) in [6.45, 7) is 3.30. The molecule has 0 N–H and O–H groups in total. The van der Waals surface area contributed by atoms with Gasteiger partial charge in [-0.1, -0.05) is 47.0 Å². The van der Waals surface area contributed by atoms with Crippen LogP contribution in [0.1, 0.15) is 11.1 Å². The molecule has 0 bridgehead atoms. The van der Waals surface area contributed by atoms with Gasteiger partial charge in [-0.25, -0.2) is 8.42 Å². The van der Waals surface area contributed by atoms with Gasteiger partial charge in [-0.05, 0) is 56.3 Å². The van der Waals surface area contributed by atoms with E-state index in [2.05, 4.69) is 0 Å². The summed E-state index contributed by atoms with van der Waals surface area (Å²) < 4.78 is 38.1. The number of hydrogen-bond donors (Lipinski definition) is 0. The van der Waals surface area contributed by atoms with Gasteiger partial charge in [0.15, 0.2) is 6.61 Å². The number of aryl methyl sites for hydroxylation is 2. The van der Waals surface area contributed by atoms with E-state index in [1.165, 1.54) is 37.4 Å². The van der Waals surface area contributed by atoms with Crippen molar-refractivity contribution in [3.8, 4) is 11.5 Å². The van der Waals surface area contributed by atoms with Gasteiger partial charge in [0.05, 0.1) is 22.7 Å². The molecule has 0 aromatic heterocycles. The Hall–Kier alpha value is -3.03. The zero-order valence-electron chi connectivity index (χ0n) is 17.3. The number of nitrogens with zero attached hydrogens (tertiary/aromatic N) is 1. The topological polar surface area (TPSA) is 72.9 Å². The van der Waals surface area contributed by atoms with Crippen LogP contribution < -0.4 is 13.8 Å². The van der Waals surface area contributed by atoms with Crippen molar-refractivity contribution in [1.82, 2.24) is 0 Å². The molecule has 0 aliphatic carbocycles. The van der Waals surface area contributed by atoms with Crippen LogP contribution in [0.4, 0.5) is 5.69 Å². The maximum atomic E-state index is 13.4. The molecule has 8 heteroatoms. The molecule has 6 nitrogen and oxygen atoms in total. The lowest BCUT2D eigenvalue weighted by Gasteiger charge is -2.23. The quantitative estimate of drug-likeness (QED) is 0.509. The number of carbonyl (C=O) groups excluding carboxylic acids is 1. The van der Waals surface area contributed by atoms with E-state index in [0.717, 1.165) is 11.1 Å². The van der Waals surface area contributed by atoms with Crippen LogP contribution in [0.25, 0.3) is 0 Å². The highest BCUT2D eigenvalue weighted by molar-refractivity contribution is 7.93. The summed E-state index contributed by atoms with van der Waals surface area (Å²) >= 11 is 6.19. The molecule has 3 aromatic rings. The summed E-state index contributed by atoms with van der Waals surface area (Å²) in [6, 6.07) is 17.7. The lowest BCUT2D eigenvalue weighted by Crippen LogP contribution is -2.40. The van der Waals surface area contributed by atoms with Crippen LogP contribution in [0.3, 0.4) is 0 Å². The highest BCUT2D eigenvalue weighted by Gasteiger charge is 2.32. The van der Waals surface area contributed by atoms with Crippen LogP contribution >= 0.6 is 11.6 Å². The van der Waals surface area contributed by atoms with E-state index in [-0.39, 0.29) is 15.6 Å². The minimum absolute atomic E-state index is 0.0197. The predicted octanol–water partition coefficient (Wildman–Crippen LogP) is 4.77. The Morgan fingerprint density at radius 1 is 0.935 bits per heavy atom. The minimum Gasteiger partial charge on any atom is -0.495 e. The van der Waals surface area contributed by atoms with E-state index in [0.29, 0.717) is 15.8 Å². The molecule has 162 valence electrons. The number of halogens is 1. The van der Waals surface area contributed by atoms with Crippen molar-refractivity contribution >= 4 is 33.2 Å². The van der Waals surface area contributed by atoms with Crippen LogP contribution in [0.15, 0.2) is 71.6 Å². The van der Waals surface area contributed by atoms with E-state index < -0.39 is 22.5 Å². The first-order chi connectivity index (χ1) is 14.7. The first-order valence-electron chi connectivity index (χ1n) is 9.40. The fourth-order valence-corrected chi connectivity index (χ4v) is 4.51. The third kappa shape index (κ3) is 5.18. The molecule has 0 spiro atoms. The molecule has 0 fully saturated rings. The summed E-state index contributed by atoms with van der Waals surface area (Å²) in [6.07, 6.45) is 0. The third-order valence-corrected chi connectivity index (χ3v) is 6.60. The number of methoxy groups -OCH3 is 1. The molecule has 0 unspecified atom stereocenters. The highest BCUT2D eigenvalue weighted by atomic mass is 35.5. The summed E-state index contributed by atoms with van der Waals surface area (Å²) in [5.74, 6) is 0.0586. The molecule has 0 saturated carbocycles. The van der Waals surface area contributed by atoms with E-state index >= 15 is 0 Å². The van der Waals surface area contributed by atoms with Crippen LogP contribution in [0.5, 0.6) is 11.5 Å². The Bertz CT molecular complexity index is 1180. The van der Waals surface area contributed by atoms with Crippen LogP contribution in [-0.2, 0) is 14.8 Å². The standard InChI is InChI=1S/C23H22ClNO5S/c1-16-4-9-19(10-5-16)30-15-23(26)25(18-8-13-22(29-3)21(24)14-18)31(27,28)20-11-6-17(2)7-12-20/h4-14H,15H2,1-3H3. The van der Waals surface area contributed by atoms with E-state index in [4.69, 9.17) is 21.1 Å². The molecule has 0 aliphatic rings. The largest absolute Gasteiger partial charge is 0.495 e. The zero-order chi connectivity index (χ0) is 22.6. The fraction of sp³-hybridized carbons (Fsp3) is 0.174. The average Bonchev–Trinajstić information content (AvgIpc) is 2.74. The van der Waals surface area contributed by atoms with Gasteiger partial charge in [0, 0.05) is 0 Å². The van der Waals surface area contributed by atoms with Crippen molar-refractivity contribution in [2.24, 2.45) is 0 Å². The SMILES string of the molecule is COc1ccc(N(C(=O)COc2ccc(C)cc2)S(=O)(=O)c2ccc(C)cc2)cc1Cl. The smallest absolute Gasteiger partial charge is 0.278 e. The predicted molar refractivity (Wildman–Crippen MR) is 121 cm³/mol.